The molecule has 2 aliphatic rings. The molecule has 0 saturated heterocycles. The number of amides is 2. The number of hydrogen-bond donors (Lipinski definition) is 0. The summed E-state index contributed by atoms with van der Waals surface area (Å²) in [6, 6.07) is 12.6. The molecule has 0 spiro atoms. The Balaban J connectivity index is 1.27. The molecule has 0 unspecified atom stereocenters. The lowest BCUT2D eigenvalue weighted by atomic mass is 10.1. The first kappa shape index (κ1) is 19.7. The average Bonchev–Trinajstić information content (AvgIpc) is 3.54. The molecular weight excluding hydrogens is 414 g/mol. The van der Waals surface area contributed by atoms with Crippen molar-refractivity contribution in [3.05, 3.63) is 88.4 Å². The second kappa shape index (κ2) is 7.81. The van der Waals surface area contributed by atoms with E-state index in [4.69, 9.17) is 13.9 Å². The van der Waals surface area contributed by atoms with Gasteiger partial charge in [0.25, 0.3) is 11.8 Å². The van der Waals surface area contributed by atoms with Crippen LogP contribution in [0.5, 0.6) is 5.75 Å². The largest absolute Gasteiger partial charge is 0.493 e. The summed E-state index contributed by atoms with van der Waals surface area (Å²) in [5, 5.41) is 0. The normalized spacial score (nSPS) is 14.2. The van der Waals surface area contributed by atoms with Gasteiger partial charge >= 0.3 is 5.97 Å². The number of benzene rings is 2. The topological polar surface area (TPSA) is 103 Å². The monoisotopic (exact) mass is 431 g/mol. The smallest absolute Gasteiger partial charge is 0.338 e. The highest BCUT2D eigenvalue weighted by Crippen LogP contribution is 2.27. The summed E-state index contributed by atoms with van der Waals surface area (Å²) in [4.78, 5) is 51.2. The van der Waals surface area contributed by atoms with Crippen molar-refractivity contribution < 1.29 is 33.1 Å². The van der Waals surface area contributed by atoms with Crippen LogP contribution in [0.4, 0.5) is 0 Å². The summed E-state index contributed by atoms with van der Waals surface area (Å²) < 4.78 is 15.8. The van der Waals surface area contributed by atoms with E-state index in [-0.39, 0.29) is 29.0 Å². The molecule has 0 fully saturated rings. The SMILES string of the molecule is O=C(COC(=O)c1ccc2c(c1)C(=O)N(Cc1ccco1)C2=O)c1ccc2c(c1)CCO2. The van der Waals surface area contributed by atoms with E-state index >= 15 is 0 Å². The van der Waals surface area contributed by atoms with E-state index in [1.165, 1.54) is 24.5 Å². The molecule has 0 aliphatic carbocycles. The van der Waals surface area contributed by atoms with Crippen molar-refractivity contribution in [1.82, 2.24) is 4.90 Å². The molecule has 0 radical (unpaired) electrons. The Bertz CT molecular complexity index is 1260. The van der Waals surface area contributed by atoms with Crippen LogP contribution in [0.1, 0.15) is 52.8 Å². The molecule has 3 heterocycles. The van der Waals surface area contributed by atoms with Crippen LogP contribution in [0.15, 0.2) is 59.2 Å². The molecule has 0 atom stereocenters. The number of ketones is 1. The molecule has 2 amide bonds. The number of rotatable bonds is 6. The first-order valence-corrected chi connectivity index (χ1v) is 10.00. The third kappa shape index (κ3) is 3.45. The van der Waals surface area contributed by atoms with E-state index in [2.05, 4.69) is 0 Å². The molecule has 8 heteroatoms. The van der Waals surface area contributed by atoms with Gasteiger partial charge in [-0.1, -0.05) is 0 Å². The summed E-state index contributed by atoms with van der Waals surface area (Å²) >= 11 is 0. The molecule has 160 valence electrons. The summed E-state index contributed by atoms with van der Waals surface area (Å²) in [5.74, 6) is -0.849. The van der Waals surface area contributed by atoms with Gasteiger partial charge < -0.3 is 13.9 Å². The van der Waals surface area contributed by atoms with Crippen molar-refractivity contribution in [3.8, 4) is 5.75 Å². The van der Waals surface area contributed by atoms with E-state index in [1.807, 2.05) is 0 Å². The predicted octanol–water partition coefficient (Wildman–Crippen LogP) is 3.05. The molecule has 2 aromatic carbocycles. The van der Waals surface area contributed by atoms with E-state index in [0.29, 0.717) is 17.9 Å². The molecular formula is C24H17NO7. The second-order valence-corrected chi connectivity index (χ2v) is 7.46. The molecule has 0 saturated carbocycles. The van der Waals surface area contributed by atoms with Gasteiger partial charge in [-0.3, -0.25) is 19.3 Å². The minimum Gasteiger partial charge on any atom is -0.493 e. The maximum Gasteiger partial charge on any atom is 0.338 e. The number of furan rings is 1. The first-order chi connectivity index (χ1) is 15.5. The highest BCUT2D eigenvalue weighted by Gasteiger charge is 2.36. The number of esters is 1. The maximum absolute atomic E-state index is 12.7. The van der Waals surface area contributed by atoms with Crippen LogP contribution in [-0.2, 0) is 17.7 Å². The fraction of sp³-hybridized carbons (Fsp3) is 0.167. The lowest BCUT2D eigenvalue weighted by Crippen LogP contribution is -2.28. The van der Waals surface area contributed by atoms with Gasteiger partial charge in [0.15, 0.2) is 12.4 Å². The number of hydrogen-bond acceptors (Lipinski definition) is 7. The fourth-order valence-corrected chi connectivity index (χ4v) is 3.78. The zero-order chi connectivity index (χ0) is 22.2. The lowest BCUT2D eigenvalue weighted by molar-refractivity contribution is 0.0474. The molecule has 0 bridgehead atoms. The van der Waals surface area contributed by atoms with Gasteiger partial charge in [-0.25, -0.2) is 4.79 Å². The Morgan fingerprint density at radius 1 is 0.969 bits per heavy atom. The molecule has 8 nitrogen and oxygen atoms in total. The Morgan fingerprint density at radius 3 is 2.59 bits per heavy atom. The average molecular weight is 431 g/mol. The van der Waals surface area contributed by atoms with Gasteiger partial charge in [0.1, 0.15) is 11.5 Å². The number of Topliss-reactive ketones (excluding diaryl/α,β-unsaturated/α-hetero) is 1. The first-order valence-electron chi connectivity index (χ1n) is 10.00. The second-order valence-electron chi connectivity index (χ2n) is 7.46. The number of imide groups is 1. The summed E-state index contributed by atoms with van der Waals surface area (Å²) in [6.45, 7) is 0.146. The van der Waals surface area contributed by atoms with Crippen LogP contribution in [0, 0.1) is 0 Å². The van der Waals surface area contributed by atoms with Gasteiger partial charge in [0.2, 0.25) is 0 Å². The third-order valence-corrected chi connectivity index (χ3v) is 5.45. The van der Waals surface area contributed by atoms with Crippen molar-refractivity contribution in [2.75, 3.05) is 13.2 Å². The van der Waals surface area contributed by atoms with Crippen molar-refractivity contribution in [2.24, 2.45) is 0 Å². The van der Waals surface area contributed by atoms with Gasteiger partial charge in [-0.2, -0.15) is 0 Å². The molecule has 2 aliphatic heterocycles. The van der Waals surface area contributed by atoms with Crippen LogP contribution in [-0.4, -0.2) is 41.7 Å². The quantitative estimate of drug-likeness (QED) is 0.336. The van der Waals surface area contributed by atoms with E-state index in [1.54, 1.807) is 30.3 Å². The predicted molar refractivity (Wildman–Crippen MR) is 110 cm³/mol. The Labute approximate surface area is 182 Å². The highest BCUT2D eigenvalue weighted by atomic mass is 16.5. The minimum absolute atomic E-state index is 0.000549. The maximum atomic E-state index is 12.7. The van der Waals surface area contributed by atoms with Crippen LogP contribution < -0.4 is 4.74 Å². The van der Waals surface area contributed by atoms with E-state index in [9.17, 15) is 19.2 Å². The zero-order valence-electron chi connectivity index (χ0n) is 16.8. The summed E-state index contributed by atoms with van der Waals surface area (Å²) in [7, 11) is 0. The van der Waals surface area contributed by atoms with Crippen molar-refractivity contribution >= 4 is 23.6 Å². The van der Waals surface area contributed by atoms with Crippen molar-refractivity contribution in [1.29, 1.82) is 0 Å². The third-order valence-electron chi connectivity index (χ3n) is 5.45. The van der Waals surface area contributed by atoms with Crippen molar-refractivity contribution in [3.63, 3.8) is 0 Å². The summed E-state index contributed by atoms with van der Waals surface area (Å²) in [6.07, 6.45) is 2.19. The lowest BCUT2D eigenvalue weighted by Gasteiger charge is -2.11. The molecule has 0 N–H and O–H groups in total. The number of ether oxygens (including phenoxy) is 2. The number of carbonyl (C=O) groups excluding carboxylic acids is 4. The van der Waals surface area contributed by atoms with Gasteiger partial charge in [-0.05, 0) is 54.1 Å². The van der Waals surface area contributed by atoms with Gasteiger partial charge in [-0.15, -0.1) is 0 Å². The number of fused-ring (bicyclic) bond motifs is 2. The Hall–Kier alpha value is -4.20. The minimum atomic E-state index is -0.754. The molecule has 3 aromatic rings. The van der Waals surface area contributed by atoms with Crippen LogP contribution in [0.3, 0.4) is 0 Å². The Kier molecular flexibility index (Phi) is 4.82. The zero-order valence-corrected chi connectivity index (χ0v) is 16.8. The van der Waals surface area contributed by atoms with Crippen molar-refractivity contribution in [2.45, 2.75) is 13.0 Å². The molecule has 1 aromatic heterocycles. The summed E-state index contributed by atoms with van der Waals surface area (Å²) in [5.41, 5.74) is 1.78. The van der Waals surface area contributed by atoms with E-state index in [0.717, 1.165) is 22.6 Å². The van der Waals surface area contributed by atoms with E-state index < -0.39 is 24.4 Å². The van der Waals surface area contributed by atoms with Crippen LogP contribution >= 0.6 is 0 Å². The number of nitrogens with zero attached hydrogens (tertiary/aromatic N) is 1. The standard InChI is InChI=1S/C24H17NO7/c26-20(14-4-6-21-15(10-14)7-9-31-21)13-32-24(29)16-3-5-18-19(11-16)23(28)25(22(18)27)12-17-2-1-8-30-17/h1-6,8,10-11H,7,9,12-13H2. The fourth-order valence-electron chi connectivity index (χ4n) is 3.78. The van der Waals surface area contributed by atoms with Gasteiger partial charge in [0.05, 0.1) is 36.1 Å². The highest BCUT2D eigenvalue weighted by molar-refractivity contribution is 6.21. The van der Waals surface area contributed by atoms with Crippen LogP contribution in [0.25, 0.3) is 0 Å². The van der Waals surface area contributed by atoms with Crippen LogP contribution in [0.2, 0.25) is 0 Å². The molecule has 32 heavy (non-hydrogen) atoms. The molecule has 5 rings (SSSR count). The Morgan fingerprint density at radius 2 is 1.78 bits per heavy atom. The number of carbonyl (C=O) groups is 4. The van der Waals surface area contributed by atoms with Gasteiger partial charge in [0, 0.05) is 12.0 Å².